The summed E-state index contributed by atoms with van der Waals surface area (Å²) in [5.74, 6) is 1.10. The Labute approximate surface area is 129 Å². The number of aromatic hydroxyl groups is 1. The van der Waals surface area contributed by atoms with E-state index in [0.717, 1.165) is 24.6 Å². The predicted molar refractivity (Wildman–Crippen MR) is 80.3 cm³/mol. The lowest BCUT2D eigenvalue weighted by atomic mass is 10.2. The summed E-state index contributed by atoms with van der Waals surface area (Å²) < 4.78 is 7.84. The average Bonchev–Trinajstić information content (AvgIpc) is 3.00. The molecule has 0 spiro atoms. The molecule has 0 aromatic carbocycles. The van der Waals surface area contributed by atoms with Gasteiger partial charge in [-0.05, 0) is 26.0 Å². The van der Waals surface area contributed by atoms with Gasteiger partial charge in [0.2, 0.25) is 0 Å². The van der Waals surface area contributed by atoms with Gasteiger partial charge in [0.15, 0.2) is 5.82 Å². The first-order valence-corrected chi connectivity index (χ1v) is 7.54. The monoisotopic (exact) mass is 303 g/mol. The highest BCUT2D eigenvalue weighted by Gasteiger charge is 2.26. The second-order valence-electron chi connectivity index (χ2n) is 5.49. The summed E-state index contributed by atoms with van der Waals surface area (Å²) in [5, 5.41) is 18.1. The number of rotatable bonds is 4. The zero-order valence-corrected chi connectivity index (χ0v) is 12.9. The minimum absolute atomic E-state index is 0.0943. The van der Waals surface area contributed by atoms with Crippen LogP contribution in [0.1, 0.15) is 30.2 Å². The summed E-state index contributed by atoms with van der Waals surface area (Å²) in [6, 6.07) is 3.51. The number of aromatic nitrogens is 4. The van der Waals surface area contributed by atoms with Gasteiger partial charge in [0.1, 0.15) is 18.2 Å². The molecule has 1 aliphatic heterocycles. The zero-order chi connectivity index (χ0) is 15.5. The van der Waals surface area contributed by atoms with Crippen molar-refractivity contribution in [3.8, 4) is 5.75 Å². The van der Waals surface area contributed by atoms with E-state index in [1.807, 2.05) is 17.6 Å². The summed E-state index contributed by atoms with van der Waals surface area (Å²) in [6.07, 6.45) is 1.63. The first-order valence-electron chi connectivity index (χ1n) is 7.54. The number of morpholine rings is 1. The zero-order valence-electron chi connectivity index (χ0n) is 12.9. The van der Waals surface area contributed by atoms with Gasteiger partial charge in [-0.3, -0.25) is 9.88 Å². The summed E-state index contributed by atoms with van der Waals surface area (Å²) >= 11 is 0. The largest absolute Gasteiger partial charge is 0.506 e. The SMILES string of the molecule is CCn1cnnc1[C@H]1CN(Cc2nc(C)ccc2O)CCO1. The molecule has 7 heteroatoms. The van der Waals surface area contributed by atoms with Gasteiger partial charge in [0.25, 0.3) is 0 Å². The first-order chi connectivity index (χ1) is 10.7. The van der Waals surface area contributed by atoms with Crippen molar-refractivity contribution in [1.29, 1.82) is 0 Å². The molecule has 1 fully saturated rings. The lowest BCUT2D eigenvalue weighted by molar-refractivity contribution is -0.0394. The minimum Gasteiger partial charge on any atom is -0.506 e. The maximum Gasteiger partial charge on any atom is 0.163 e. The molecule has 0 aliphatic carbocycles. The van der Waals surface area contributed by atoms with E-state index in [-0.39, 0.29) is 11.9 Å². The van der Waals surface area contributed by atoms with Gasteiger partial charge in [-0.1, -0.05) is 0 Å². The van der Waals surface area contributed by atoms with Crippen molar-refractivity contribution in [3.63, 3.8) is 0 Å². The number of nitrogens with zero attached hydrogens (tertiary/aromatic N) is 5. The maximum atomic E-state index is 9.95. The quantitative estimate of drug-likeness (QED) is 0.917. The molecular weight excluding hydrogens is 282 g/mol. The van der Waals surface area contributed by atoms with Crippen LogP contribution in [0.25, 0.3) is 0 Å². The van der Waals surface area contributed by atoms with Crippen LogP contribution in [-0.2, 0) is 17.8 Å². The average molecular weight is 303 g/mol. The summed E-state index contributed by atoms with van der Waals surface area (Å²) in [6.45, 7) is 7.57. The topological polar surface area (TPSA) is 76.3 Å². The third-order valence-corrected chi connectivity index (χ3v) is 3.89. The predicted octanol–water partition coefficient (Wildman–Crippen LogP) is 1.28. The van der Waals surface area contributed by atoms with Crippen LogP contribution in [-0.4, -0.2) is 49.5 Å². The highest BCUT2D eigenvalue weighted by atomic mass is 16.5. The number of hydrogen-bond acceptors (Lipinski definition) is 6. The van der Waals surface area contributed by atoms with E-state index in [9.17, 15) is 5.11 Å². The Kier molecular flexibility index (Phi) is 4.35. The Bertz CT molecular complexity index is 643. The second kappa shape index (κ2) is 6.41. The number of aryl methyl sites for hydroxylation is 2. The third-order valence-electron chi connectivity index (χ3n) is 3.89. The van der Waals surface area contributed by atoms with E-state index in [1.54, 1.807) is 12.4 Å². The molecule has 0 amide bonds. The lowest BCUT2D eigenvalue weighted by Crippen LogP contribution is -2.39. The molecule has 118 valence electrons. The Morgan fingerprint density at radius 1 is 1.41 bits per heavy atom. The van der Waals surface area contributed by atoms with E-state index in [1.165, 1.54) is 0 Å². The highest BCUT2D eigenvalue weighted by Crippen LogP contribution is 2.23. The van der Waals surface area contributed by atoms with Gasteiger partial charge in [0.05, 0.1) is 12.3 Å². The van der Waals surface area contributed by atoms with E-state index >= 15 is 0 Å². The Morgan fingerprint density at radius 2 is 2.27 bits per heavy atom. The molecule has 3 heterocycles. The van der Waals surface area contributed by atoms with Crippen LogP contribution in [0.2, 0.25) is 0 Å². The van der Waals surface area contributed by atoms with Gasteiger partial charge >= 0.3 is 0 Å². The fourth-order valence-corrected chi connectivity index (χ4v) is 2.69. The van der Waals surface area contributed by atoms with Crippen LogP contribution < -0.4 is 0 Å². The standard InChI is InChI=1S/C15H21N5O2/c1-3-20-10-16-18-15(20)14-9-19(6-7-22-14)8-12-13(21)5-4-11(2)17-12/h4-5,10,14,21H,3,6-9H2,1-2H3/t14-/m1/s1. The van der Waals surface area contributed by atoms with Crippen molar-refractivity contribution < 1.29 is 9.84 Å². The van der Waals surface area contributed by atoms with Crippen LogP contribution in [0.5, 0.6) is 5.75 Å². The highest BCUT2D eigenvalue weighted by molar-refractivity contribution is 5.27. The Hall–Kier alpha value is -1.99. The van der Waals surface area contributed by atoms with E-state index in [4.69, 9.17) is 4.74 Å². The van der Waals surface area contributed by atoms with Crippen molar-refractivity contribution in [2.24, 2.45) is 0 Å². The van der Waals surface area contributed by atoms with Crippen LogP contribution in [0.4, 0.5) is 0 Å². The van der Waals surface area contributed by atoms with Gasteiger partial charge in [-0.2, -0.15) is 0 Å². The van der Waals surface area contributed by atoms with Crippen molar-refractivity contribution in [2.45, 2.75) is 33.0 Å². The maximum absolute atomic E-state index is 9.95. The van der Waals surface area contributed by atoms with Gasteiger partial charge in [-0.25, -0.2) is 0 Å². The molecule has 1 N–H and O–H groups in total. The van der Waals surface area contributed by atoms with Gasteiger partial charge in [0, 0.05) is 31.9 Å². The molecule has 1 saturated heterocycles. The van der Waals surface area contributed by atoms with E-state index in [0.29, 0.717) is 25.4 Å². The Morgan fingerprint density at radius 3 is 3.09 bits per heavy atom. The molecule has 0 saturated carbocycles. The third kappa shape index (κ3) is 3.10. The molecule has 1 atom stereocenters. The van der Waals surface area contributed by atoms with E-state index in [2.05, 4.69) is 27.0 Å². The second-order valence-corrected chi connectivity index (χ2v) is 5.49. The molecule has 0 bridgehead atoms. The minimum atomic E-state index is -0.0943. The van der Waals surface area contributed by atoms with Crippen molar-refractivity contribution >= 4 is 0 Å². The summed E-state index contributed by atoms with van der Waals surface area (Å²) in [7, 11) is 0. The number of ether oxygens (including phenoxy) is 1. The molecule has 7 nitrogen and oxygen atoms in total. The molecule has 2 aromatic heterocycles. The molecule has 1 aliphatic rings. The summed E-state index contributed by atoms with van der Waals surface area (Å²) in [5.41, 5.74) is 1.61. The summed E-state index contributed by atoms with van der Waals surface area (Å²) in [4.78, 5) is 6.65. The lowest BCUT2D eigenvalue weighted by Gasteiger charge is -2.32. The van der Waals surface area contributed by atoms with Gasteiger partial charge in [-0.15, -0.1) is 10.2 Å². The van der Waals surface area contributed by atoms with Crippen LogP contribution in [0.3, 0.4) is 0 Å². The number of pyridine rings is 1. The Balaban J connectivity index is 1.72. The molecule has 3 rings (SSSR count). The van der Waals surface area contributed by atoms with Crippen molar-refractivity contribution in [3.05, 3.63) is 35.7 Å². The fourth-order valence-electron chi connectivity index (χ4n) is 2.69. The van der Waals surface area contributed by atoms with Crippen LogP contribution in [0.15, 0.2) is 18.5 Å². The van der Waals surface area contributed by atoms with Crippen LogP contribution in [0, 0.1) is 6.92 Å². The molecule has 0 radical (unpaired) electrons. The molecule has 0 unspecified atom stereocenters. The first kappa shape index (κ1) is 14.9. The normalized spacial score (nSPS) is 19.5. The van der Waals surface area contributed by atoms with Gasteiger partial charge < -0.3 is 14.4 Å². The molecular formula is C15H21N5O2. The van der Waals surface area contributed by atoms with Crippen molar-refractivity contribution in [1.82, 2.24) is 24.6 Å². The van der Waals surface area contributed by atoms with Crippen molar-refractivity contribution in [2.75, 3.05) is 19.7 Å². The fraction of sp³-hybridized carbons (Fsp3) is 0.533. The molecule has 2 aromatic rings. The molecule has 22 heavy (non-hydrogen) atoms. The number of hydrogen-bond donors (Lipinski definition) is 1. The van der Waals surface area contributed by atoms with Crippen LogP contribution >= 0.6 is 0 Å². The smallest absolute Gasteiger partial charge is 0.163 e. The van der Waals surface area contributed by atoms with E-state index < -0.39 is 0 Å².